The fourth-order valence-electron chi connectivity index (χ4n) is 1.81. The molecule has 2 heterocycles. The topological polar surface area (TPSA) is 38.0 Å². The lowest BCUT2D eigenvalue weighted by atomic mass is 10.0. The van der Waals surface area contributed by atoms with Gasteiger partial charge >= 0.3 is 0 Å². The molecule has 0 bridgehead atoms. The Morgan fingerprint density at radius 1 is 1.64 bits per heavy atom. The highest BCUT2D eigenvalue weighted by Crippen LogP contribution is 2.27. The third-order valence-electron chi connectivity index (χ3n) is 2.82. The molecule has 0 saturated carbocycles. The molecule has 2 atom stereocenters. The number of imidazole rings is 1. The second kappa shape index (κ2) is 4.36. The number of aliphatic hydroxyl groups excluding tert-OH is 1. The van der Waals surface area contributed by atoms with Gasteiger partial charge in [-0.05, 0) is 18.1 Å². The molecule has 4 heteroatoms. The number of aromatic nitrogens is 2. The van der Waals surface area contributed by atoms with E-state index < -0.39 is 0 Å². The molecule has 1 saturated heterocycles. The van der Waals surface area contributed by atoms with Crippen molar-refractivity contribution in [1.82, 2.24) is 9.55 Å². The average Bonchev–Trinajstić information content (AvgIpc) is 2.72. The smallest absolute Gasteiger partial charge is 0.108 e. The maximum absolute atomic E-state index is 9.64. The van der Waals surface area contributed by atoms with Gasteiger partial charge in [-0.15, -0.1) is 0 Å². The first kappa shape index (κ1) is 10.1. The summed E-state index contributed by atoms with van der Waals surface area (Å²) in [5.41, 5.74) is 0. The summed E-state index contributed by atoms with van der Waals surface area (Å²) in [5, 5.41) is 9.64. The second-order valence-electron chi connectivity index (χ2n) is 3.86. The predicted octanol–water partition coefficient (Wildman–Crippen LogP) is 1.08. The second-order valence-corrected chi connectivity index (χ2v) is 4.93. The van der Waals surface area contributed by atoms with Gasteiger partial charge in [0.05, 0.1) is 6.10 Å². The molecule has 0 radical (unpaired) electrons. The van der Waals surface area contributed by atoms with Crippen LogP contribution in [0.25, 0.3) is 0 Å². The Kier molecular flexibility index (Phi) is 3.13. The van der Waals surface area contributed by atoms with Gasteiger partial charge in [0.25, 0.3) is 0 Å². The van der Waals surface area contributed by atoms with Crippen molar-refractivity contribution in [3.05, 3.63) is 18.2 Å². The molecule has 1 N–H and O–H groups in total. The number of aryl methyl sites for hydroxylation is 2. The summed E-state index contributed by atoms with van der Waals surface area (Å²) in [5.74, 6) is 3.60. The van der Waals surface area contributed by atoms with Gasteiger partial charge in [-0.25, -0.2) is 4.98 Å². The van der Waals surface area contributed by atoms with Crippen LogP contribution in [0.4, 0.5) is 0 Å². The van der Waals surface area contributed by atoms with Crippen LogP contribution in [0.3, 0.4) is 0 Å². The minimum atomic E-state index is -0.0970. The van der Waals surface area contributed by atoms with E-state index in [1.165, 1.54) is 0 Å². The lowest BCUT2D eigenvalue weighted by Crippen LogP contribution is -2.18. The van der Waals surface area contributed by atoms with Crippen LogP contribution in [-0.2, 0) is 13.5 Å². The van der Waals surface area contributed by atoms with E-state index in [0.29, 0.717) is 5.92 Å². The van der Waals surface area contributed by atoms with Crippen molar-refractivity contribution < 1.29 is 5.11 Å². The third kappa shape index (κ3) is 2.12. The minimum absolute atomic E-state index is 0.0970. The fourth-order valence-corrected chi connectivity index (χ4v) is 3.16. The molecule has 1 fully saturated rings. The average molecular weight is 212 g/mol. The van der Waals surface area contributed by atoms with Crippen molar-refractivity contribution in [3.8, 4) is 0 Å². The Labute approximate surface area is 88.5 Å². The van der Waals surface area contributed by atoms with Gasteiger partial charge in [0, 0.05) is 31.6 Å². The van der Waals surface area contributed by atoms with E-state index in [1.807, 2.05) is 31.2 Å². The summed E-state index contributed by atoms with van der Waals surface area (Å²) in [4.78, 5) is 4.28. The van der Waals surface area contributed by atoms with Gasteiger partial charge in [-0.3, -0.25) is 0 Å². The molecule has 1 aliphatic rings. The highest BCUT2D eigenvalue weighted by atomic mass is 32.2. The monoisotopic (exact) mass is 212 g/mol. The van der Waals surface area contributed by atoms with Gasteiger partial charge < -0.3 is 9.67 Å². The maximum atomic E-state index is 9.64. The summed E-state index contributed by atoms with van der Waals surface area (Å²) in [6, 6.07) is 0. The van der Waals surface area contributed by atoms with E-state index in [-0.39, 0.29) is 6.10 Å². The Morgan fingerprint density at radius 2 is 2.50 bits per heavy atom. The van der Waals surface area contributed by atoms with E-state index >= 15 is 0 Å². The molecule has 1 aromatic rings. The number of hydrogen-bond acceptors (Lipinski definition) is 3. The summed E-state index contributed by atoms with van der Waals surface area (Å²) in [6.45, 7) is 0. The number of hydrogen-bond donors (Lipinski definition) is 1. The van der Waals surface area contributed by atoms with Crippen LogP contribution in [0.1, 0.15) is 12.2 Å². The van der Waals surface area contributed by atoms with Gasteiger partial charge in [0.2, 0.25) is 0 Å². The Bertz CT molecular complexity index is 300. The Hall–Kier alpha value is -0.480. The van der Waals surface area contributed by atoms with E-state index in [0.717, 1.165) is 30.2 Å². The summed E-state index contributed by atoms with van der Waals surface area (Å²) in [6.07, 6.45) is 5.73. The number of thioether (sulfide) groups is 1. The quantitative estimate of drug-likeness (QED) is 0.814. The normalized spacial score (nSPS) is 27.0. The van der Waals surface area contributed by atoms with Crippen LogP contribution >= 0.6 is 11.8 Å². The predicted molar refractivity (Wildman–Crippen MR) is 58.4 cm³/mol. The Balaban J connectivity index is 1.85. The number of rotatable bonds is 3. The molecule has 0 amide bonds. The largest absolute Gasteiger partial charge is 0.392 e. The zero-order chi connectivity index (χ0) is 9.97. The van der Waals surface area contributed by atoms with Crippen LogP contribution in [0.5, 0.6) is 0 Å². The number of aliphatic hydroxyl groups is 1. The van der Waals surface area contributed by atoms with Gasteiger partial charge in [0.1, 0.15) is 5.82 Å². The molecule has 0 aliphatic carbocycles. The molecule has 78 valence electrons. The molecule has 2 unspecified atom stereocenters. The maximum Gasteiger partial charge on any atom is 0.108 e. The van der Waals surface area contributed by atoms with E-state index in [4.69, 9.17) is 0 Å². The van der Waals surface area contributed by atoms with Gasteiger partial charge in [-0.2, -0.15) is 11.8 Å². The van der Waals surface area contributed by atoms with Crippen molar-refractivity contribution in [2.45, 2.75) is 18.9 Å². The highest BCUT2D eigenvalue weighted by molar-refractivity contribution is 7.99. The van der Waals surface area contributed by atoms with Crippen molar-refractivity contribution in [2.24, 2.45) is 13.0 Å². The fraction of sp³-hybridized carbons (Fsp3) is 0.700. The zero-order valence-electron chi connectivity index (χ0n) is 8.39. The lowest BCUT2D eigenvalue weighted by molar-refractivity contribution is 0.144. The summed E-state index contributed by atoms with van der Waals surface area (Å²) >= 11 is 1.85. The first-order chi connectivity index (χ1) is 6.77. The van der Waals surface area contributed by atoms with Crippen LogP contribution in [0, 0.1) is 5.92 Å². The number of nitrogens with zero attached hydrogens (tertiary/aromatic N) is 2. The third-order valence-corrected chi connectivity index (χ3v) is 4.07. The molecule has 0 aromatic carbocycles. The Morgan fingerprint density at radius 3 is 3.07 bits per heavy atom. The summed E-state index contributed by atoms with van der Waals surface area (Å²) < 4.78 is 2.05. The van der Waals surface area contributed by atoms with Crippen molar-refractivity contribution in [1.29, 1.82) is 0 Å². The van der Waals surface area contributed by atoms with E-state index in [9.17, 15) is 5.11 Å². The van der Waals surface area contributed by atoms with Crippen molar-refractivity contribution in [2.75, 3.05) is 11.5 Å². The first-order valence-electron chi connectivity index (χ1n) is 4.99. The molecule has 2 rings (SSSR count). The lowest BCUT2D eigenvalue weighted by Gasteiger charge is -2.12. The molecule has 1 aliphatic heterocycles. The van der Waals surface area contributed by atoms with Crippen molar-refractivity contribution >= 4 is 11.8 Å². The van der Waals surface area contributed by atoms with Crippen LogP contribution in [0.15, 0.2) is 12.4 Å². The standard InChI is InChI=1S/C10H16N2OS/c1-12-5-4-11-10(12)3-2-8-6-14-7-9(8)13/h4-5,8-9,13H,2-3,6-7H2,1H3. The molecule has 1 aromatic heterocycles. The minimum Gasteiger partial charge on any atom is -0.392 e. The molecule has 14 heavy (non-hydrogen) atoms. The van der Waals surface area contributed by atoms with Gasteiger partial charge in [-0.1, -0.05) is 0 Å². The SMILES string of the molecule is Cn1ccnc1CCC1CSCC1O. The zero-order valence-corrected chi connectivity index (χ0v) is 9.20. The molecule has 0 spiro atoms. The molecular formula is C10H16N2OS. The highest BCUT2D eigenvalue weighted by Gasteiger charge is 2.25. The van der Waals surface area contributed by atoms with Crippen molar-refractivity contribution in [3.63, 3.8) is 0 Å². The van der Waals surface area contributed by atoms with Crippen LogP contribution in [-0.4, -0.2) is 32.3 Å². The molecular weight excluding hydrogens is 196 g/mol. The summed E-state index contributed by atoms with van der Waals surface area (Å²) in [7, 11) is 2.02. The van der Waals surface area contributed by atoms with E-state index in [2.05, 4.69) is 9.55 Å². The van der Waals surface area contributed by atoms with Crippen LogP contribution < -0.4 is 0 Å². The van der Waals surface area contributed by atoms with E-state index in [1.54, 1.807) is 0 Å². The first-order valence-corrected chi connectivity index (χ1v) is 6.15. The van der Waals surface area contributed by atoms with Gasteiger partial charge in [0.15, 0.2) is 0 Å². The van der Waals surface area contributed by atoms with Crippen LogP contribution in [0.2, 0.25) is 0 Å². The molecule has 3 nitrogen and oxygen atoms in total.